The van der Waals surface area contributed by atoms with E-state index in [1.807, 2.05) is 24.3 Å². The highest BCUT2D eigenvalue weighted by molar-refractivity contribution is 7.92. The molecule has 0 saturated heterocycles. The van der Waals surface area contributed by atoms with Crippen LogP contribution in [0.1, 0.15) is 0 Å². The van der Waals surface area contributed by atoms with Gasteiger partial charge in [-0.15, -0.1) is 0 Å². The second-order valence-electron chi connectivity index (χ2n) is 5.82. The zero-order chi connectivity index (χ0) is 19.7. The number of methoxy groups -OCH3 is 1. The quantitative estimate of drug-likeness (QED) is 0.489. The van der Waals surface area contributed by atoms with Crippen LogP contribution < -0.4 is 9.46 Å². The number of nitrogens with one attached hydrogen (secondary N) is 1. The lowest BCUT2D eigenvalue weighted by Gasteiger charge is -2.12. The van der Waals surface area contributed by atoms with Gasteiger partial charge in [-0.3, -0.25) is 4.72 Å². The third-order valence-corrected chi connectivity index (χ3v) is 6.63. The molecule has 0 spiro atoms. The number of hydrogen-bond donors (Lipinski definition) is 1. The lowest BCUT2D eigenvalue weighted by atomic mass is 10.2. The molecule has 0 radical (unpaired) electrons. The molecule has 0 aliphatic rings. The molecule has 1 N–H and O–H groups in total. The van der Waals surface area contributed by atoms with Crippen LogP contribution in [0.2, 0.25) is 5.02 Å². The fourth-order valence-electron chi connectivity index (χ4n) is 2.64. The average molecular weight is 432 g/mol. The van der Waals surface area contributed by atoms with Crippen LogP contribution in [0.3, 0.4) is 0 Å². The first-order chi connectivity index (χ1) is 13.5. The number of halogens is 1. The summed E-state index contributed by atoms with van der Waals surface area (Å²) in [5.74, 6) is 0.218. The zero-order valence-electron chi connectivity index (χ0n) is 14.6. The van der Waals surface area contributed by atoms with Crippen molar-refractivity contribution in [1.29, 1.82) is 0 Å². The fraction of sp³-hybridized carbons (Fsp3) is 0.0526. The molecule has 9 heteroatoms. The summed E-state index contributed by atoms with van der Waals surface area (Å²) in [6, 6.07) is 15.2. The van der Waals surface area contributed by atoms with E-state index in [4.69, 9.17) is 16.3 Å². The van der Waals surface area contributed by atoms with E-state index in [0.29, 0.717) is 10.7 Å². The monoisotopic (exact) mass is 431 g/mol. The lowest BCUT2D eigenvalue weighted by Crippen LogP contribution is -2.14. The van der Waals surface area contributed by atoms with Crippen molar-refractivity contribution in [3.8, 4) is 16.3 Å². The Morgan fingerprint density at radius 3 is 2.61 bits per heavy atom. The molecule has 28 heavy (non-hydrogen) atoms. The number of benzene rings is 2. The summed E-state index contributed by atoms with van der Waals surface area (Å²) < 4.78 is 33.2. The van der Waals surface area contributed by atoms with Crippen molar-refractivity contribution in [3.05, 3.63) is 65.8 Å². The Kier molecular flexibility index (Phi) is 4.92. The van der Waals surface area contributed by atoms with E-state index < -0.39 is 10.0 Å². The largest absolute Gasteiger partial charge is 0.495 e. The molecule has 0 bridgehead atoms. The number of hydrogen-bond acceptors (Lipinski definition) is 6. The molecule has 2 aromatic carbocycles. The minimum absolute atomic E-state index is 0.0242. The van der Waals surface area contributed by atoms with E-state index in [1.54, 1.807) is 24.4 Å². The molecular formula is C19H14ClN3O3S2. The first-order valence-corrected chi connectivity index (χ1v) is 10.8. The molecule has 0 unspecified atom stereocenters. The molecule has 4 aromatic rings. The van der Waals surface area contributed by atoms with Gasteiger partial charge in [-0.1, -0.05) is 22.9 Å². The standard InChI is InChI=1S/C19H14ClN3O3S2/c1-26-16-9-6-13(20)11-17(16)28(24,25)23-14-7-4-12(5-8-14)18-22-15-3-2-10-21-19(15)27-18/h2-11,23H,1H3. The van der Waals surface area contributed by atoms with Crippen LogP contribution in [0.4, 0.5) is 5.69 Å². The first kappa shape index (κ1) is 18.7. The predicted molar refractivity (Wildman–Crippen MR) is 112 cm³/mol. The van der Waals surface area contributed by atoms with Crippen LogP contribution in [0.25, 0.3) is 20.9 Å². The van der Waals surface area contributed by atoms with Crippen molar-refractivity contribution in [2.75, 3.05) is 11.8 Å². The number of anilines is 1. The summed E-state index contributed by atoms with van der Waals surface area (Å²) in [7, 11) is -2.45. The van der Waals surface area contributed by atoms with Crippen LogP contribution >= 0.6 is 22.9 Å². The third kappa shape index (κ3) is 3.66. The maximum Gasteiger partial charge on any atom is 0.265 e. The van der Waals surface area contributed by atoms with E-state index >= 15 is 0 Å². The normalized spacial score (nSPS) is 11.5. The Hall–Kier alpha value is -2.68. The number of sulfonamides is 1. The number of ether oxygens (including phenoxy) is 1. The van der Waals surface area contributed by atoms with Gasteiger partial charge in [-0.25, -0.2) is 18.4 Å². The minimum atomic E-state index is -3.86. The van der Waals surface area contributed by atoms with Crippen molar-refractivity contribution in [1.82, 2.24) is 9.97 Å². The van der Waals surface area contributed by atoms with E-state index in [0.717, 1.165) is 20.9 Å². The average Bonchev–Trinajstić information content (AvgIpc) is 3.12. The highest BCUT2D eigenvalue weighted by Gasteiger charge is 2.20. The van der Waals surface area contributed by atoms with Gasteiger partial charge in [0.1, 0.15) is 26.0 Å². The van der Waals surface area contributed by atoms with Crippen LogP contribution in [-0.2, 0) is 10.0 Å². The van der Waals surface area contributed by atoms with Gasteiger partial charge in [-0.2, -0.15) is 0 Å². The van der Waals surface area contributed by atoms with Crippen LogP contribution in [0, 0.1) is 0 Å². The Balaban J connectivity index is 1.61. The van der Waals surface area contributed by atoms with Crippen molar-refractivity contribution in [3.63, 3.8) is 0 Å². The molecule has 6 nitrogen and oxygen atoms in total. The molecule has 0 aliphatic heterocycles. The third-order valence-electron chi connectivity index (χ3n) is 3.97. The molecule has 2 heterocycles. The molecule has 0 aliphatic carbocycles. The van der Waals surface area contributed by atoms with Crippen molar-refractivity contribution >= 4 is 49.0 Å². The number of rotatable bonds is 5. The first-order valence-electron chi connectivity index (χ1n) is 8.14. The van der Waals surface area contributed by atoms with E-state index in [2.05, 4.69) is 14.7 Å². The van der Waals surface area contributed by atoms with Gasteiger partial charge in [-0.05, 0) is 54.6 Å². The maximum absolute atomic E-state index is 12.7. The van der Waals surface area contributed by atoms with Gasteiger partial charge >= 0.3 is 0 Å². The topological polar surface area (TPSA) is 81.2 Å². The summed E-state index contributed by atoms with van der Waals surface area (Å²) in [5.41, 5.74) is 2.14. The Labute approximate surface area is 170 Å². The number of nitrogens with zero attached hydrogens (tertiary/aromatic N) is 2. The summed E-state index contributed by atoms with van der Waals surface area (Å²) in [6.07, 6.45) is 1.73. The molecular weight excluding hydrogens is 418 g/mol. The molecule has 0 amide bonds. The van der Waals surface area contributed by atoms with E-state index in [-0.39, 0.29) is 10.6 Å². The Morgan fingerprint density at radius 2 is 1.89 bits per heavy atom. The number of thiazole rings is 1. The van der Waals surface area contributed by atoms with Gasteiger partial charge in [0.2, 0.25) is 0 Å². The SMILES string of the molecule is COc1ccc(Cl)cc1S(=O)(=O)Nc1ccc(-c2nc3cccnc3s2)cc1. The number of fused-ring (bicyclic) bond motifs is 1. The summed E-state index contributed by atoms with van der Waals surface area (Å²) in [4.78, 5) is 9.68. The zero-order valence-corrected chi connectivity index (χ0v) is 17.0. The van der Waals surface area contributed by atoms with E-state index in [9.17, 15) is 8.42 Å². The second kappa shape index (κ2) is 7.38. The second-order valence-corrected chi connectivity index (χ2v) is 8.89. The smallest absolute Gasteiger partial charge is 0.265 e. The molecule has 0 atom stereocenters. The lowest BCUT2D eigenvalue weighted by molar-refractivity contribution is 0.403. The summed E-state index contributed by atoms with van der Waals surface area (Å²) >= 11 is 7.43. The molecule has 0 fully saturated rings. The van der Waals surface area contributed by atoms with Gasteiger partial charge in [0.15, 0.2) is 0 Å². The Morgan fingerprint density at radius 1 is 1.11 bits per heavy atom. The number of aromatic nitrogens is 2. The molecule has 2 aromatic heterocycles. The van der Waals surface area contributed by atoms with Crippen molar-refractivity contribution < 1.29 is 13.2 Å². The molecule has 142 valence electrons. The van der Waals surface area contributed by atoms with Crippen LogP contribution in [-0.4, -0.2) is 25.5 Å². The fourth-order valence-corrected chi connectivity index (χ4v) is 5.05. The van der Waals surface area contributed by atoms with E-state index in [1.165, 1.54) is 30.6 Å². The van der Waals surface area contributed by atoms with Gasteiger partial charge in [0.05, 0.1) is 7.11 Å². The highest BCUT2D eigenvalue weighted by atomic mass is 35.5. The Bertz CT molecular complexity index is 1220. The minimum Gasteiger partial charge on any atom is -0.495 e. The van der Waals surface area contributed by atoms with Gasteiger partial charge in [0.25, 0.3) is 10.0 Å². The van der Waals surface area contributed by atoms with Gasteiger partial charge < -0.3 is 4.74 Å². The molecule has 0 saturated carbocycles. The highest BCUT2D eigenvalue weighted by Crippen LogP contribution is 2.31. The molecule has 4 rings (SSSR count). The summed E-state index contributed by atoms with van der Waals surface area (Å²) in [5, 5.41) is 1.13. The van der Waals surface area contributed by atoms with Gasteiger partial charge in [0, 0.05) is 22.5 Å². The maximum atomic E-state index is 12.7. The van der Waals surface area contributed by atoms with Crippen molar-refractivity contribution in [2.24, 2.45) is 0 Å². The van der Waals surface area contributed by atoms with Crippen LogP contribution in [0.15, 0.2) is 65.7 Å². The van der Waals surface area contributed by atoms with Crippen LogP contribution in [0.5, 0.6) is 5.75 Å². The van der Waals surface area contributed by atoms with Crippen molar-refractivity contribution in [2.45, 2.75) is 4.90 Å². The predicted octanol–water partition coefficient (Wildman–Crippen LogP) is 4.82. The summed E-state index contributed by atoms with van der Waals surface area (Å²) in [6.45, 7) is 0. The number of pyridine rings is 1.